The van der Waals surface area contributed by atoms with Crippen molar-refractivity contribution in [2.45, 2.75) is 49.0 Å². The first-order valence-electron chi connectivity index (χ1n) is 12.3. The van der Waals surface area contributed by atoms with E-state index in [1.165, 1.54) is 24.3 Å². The molecular formula is C26H28O14. The van der Waals surface area contributed by atoms with Gasteiger partial charge >= 0.3 is 0 Å². The van der Waals surface area contributed by atoms with Gasteiger partial charge in [-0.3, -0.25) is 4.79 Å². The molecule has 0 bridgehead atoms. The monoisotopic (exact) mass is 564 g/mol. The van der Waals surface area contributed by atoms with E-state index in [0.717, 1.165) is 6.07 Å². The second-order valence-electron chi connectivity index (χ2n) is 9.79. The highest BCUT2D eigenvalue weighted by atomic mass is 16.6. The number of aliphatic hydroxyl groups excluding tert-OH is 7. The smallest absolute Gasteiger partial charge is 0.197 e. The van der Waals surface area contributed by atoms with Crippen LogP contribution in [0.4, 0.5) is 0 Å². The van der Waals surface area contributed by atoms with Crippen LogP contribution in [0.5, 0.6) is 17.2 Å². The lowest BCUT2D eigenvalue weighted by Gasteiger charge is -2.41. The summed E-state index contributed by atoms with van der Waals surface area (Å²) in [5.74, 6) is -4.78. The maximum Gasteiger partial charge on any atom is 0.197 e. The number of aliphatic hydroxyl groups is 7. The van der Waals surface area contributed by atoms with Gasteiger partial charge in [-0.2, -0.15) is 0 Å². The Kier molecular flexibility index (Phi) is 7.47. The number of hydrogen-bond acceptors (Lipinski definition) is 14. The Morgan fingerprint density at radius 3 is 2.02 bits per heavy atom. The normalized spacial score (nSPS) is 32.5. The van der Waals surface area contributed by atoms with E-state index in [-0.39, 0.29) is 11.5 Å². The van der Waals surface area contributed by atoms with E-state index < -0.39 is 107 Å². The molecule has 14 heteroatoms. The first-order valence-corrected chi connectivity index (χ1v) is 12.3. The van der Waals surface area contributed by atoms with Gasteiger partial charge in [-0.1, -0.05) is 0 Å². The fraction of sp³-hybridized carbons (Fsp3) is 0.423. The van der Waals surface area contributed by atoms with Crippen molar-refractivity contribution in [2.24, 2.45) is 5.92 Å². The highest BCUT2D eigenvalue weighted by Crippen LogP contribution is 2.52. The Hall–Kier alpha value is -3.31. The fourth-order valence-electron chi connectivity index (χ4n) is 5.42. The van der Waals surface area contributed by atoms with Crippen LogP contribution in [0, 0.1) is 5.92 Å². The minimum atomic E-state index is -1.94. The average molecular weight is 564 g/mol. The van der Waals surface area contributed by atoms with Gasteiger partial charge < -0.3 is 65.0 Å². The second-order valence-corrected chi connectivity index (χ2v) is 9.79. The third-order valence-electron chi connectivity index (χ3n) is 7.49. The summed E-state index contributed by atoms with van der Waals surface area (Å²) in [6, 6.07) is 6.49. The average Bonchev–Trinajstić information content (AvgIpc) is 3.20. The quantitative estimate of drug-likeness (QED) is 0.168. The van der Waals surface area contributed by atoms with Gasteiger partial charge in [0.1, 0.15) is 52.3 Å². The van der Waals surface area contributed by atoms with Crippen molar-refractivity contribution in [1.82, 2.24) is 0 Å². The number of phenols is 3. The number of hydrogen-bond donors (Lipinski definition) is 10. The lowest BCUT2D eigenvalue weighted by Crippen LogP contribution is -2.54. The van der Waals surface area contributed by atoms with Gasteiger partial charge in [-0.05, 0) is 24.3 Å². The Balaban J connectivity index is 1.85. The van der Waals surface area contributed by atoms with Gasteiger partial charge in [0.25, 0.3) is 0 Å². The van der Waals surface area contributed by atoms with Crippen molar-refractivity contribution < 1.29 is 65.0 Å². The minimum absolute atomic E-state index is 0.0762. The Bertz CT molecular complexity index is 1450. The predicted octanol–water partition coefficient (Wildman–Crippen LogP) is -1.55. The van der Waals surface area contributed by atoms with Crippen LogP contribution in [0.25, 0.3) is 22.3 Å². The topological polar surface area (TPSA) is 251 Å². The van der Waals surface area contributed by atoms with E-state index in [1.54, 1.807) is 0 Å². The molecule has 2 saturated heterocycles. The van der Waals surface area contributed by atoms with Gasteiger partial charge in [-0.25, -0.2) is 0 Å². The van der Waals surface area contributed by atoms with E-state index in [0.29, 0.717) is 5.56 Å². The Labute approximate surface area is 224 Å². The molecule has 0 radical (unpaired) electrons. The molecule has 3 aromatic rings. The lowest BCUT2D eigenvalue weighted by molar-refractivity contribution is -0.260. The summed E-state index contributed by atoms with van der Waals surface area (Å²) in [5.41, 5.74) is -2.02. The van der Waals surface area contributed by atoms with Crippen LogP contribution in [0.3, 0.4) is 0 Å². The molecular weight excluding hydrogens is 536 g/mol. The molecule has 2 fully saturated rings. The van der Waals surface area contributed by atoms with Gasteiger partial charge in [0.05, 0.1) is 31.0 Å². The number of benzene rings is 2. The Morgan fingerprint density at radius 1 is 0.750 bits per heavy atom. The van der Waals surface area contributed by atoms with Crippen molar-refractivity contribution in [3.8, 4) is 28.6 Å². The number of phenolic OH excluding ortho intramolecular Hbond substituents is 3. The van der Waals surface area contributed by atoms with E-state index in [9.17, 15) is 55.9 Å². The van der Waals surface area contributed by atoms with Crippen LogP contribution >= 0.6 is 0 Å². The molecule has 0 aliphatic carbocycles. The first-order chi connectivity index (χ1) is 19.0. The SMILES string of the molecule is O=c1cc(-c2ccc(O)cc2)oc2c(C3C(CO)OC(O)C(O)C3O)c(O)c(C3OC(O)C(O)C3CO)c(O)c12. The summed E-state index contributed by atoms with van der Waals surface area (Å²) < 4.78 is 16.5. The predicted molar refractivity (Wildman–Crippen MR) is 132 cm³/mol. The Morgan fingerprint density at radius 2 is 1.40 bits per heavy atom. The van der Waals surface area contributed by atoms with Crippen LogP contribution in [-0.4, -0.2) is 101 Å². The maximum atomic E-state index is 13.4. The number of rotatable bonds is 5. The molecule has 0 spiro atoms. The molecule has 14 nitrogen and oxygen atoms in total. The molecule has 216 valence electrons. The van der Waals surface area contributed by atoms with E-state index in [2.05, 4.69) is 0 Å². The molecule has 9 unspecified atom stereocenters. The molecule has 9 atom stereocenters. The molecule has 2 aromatic carbocycles. The van der Waals surface area contributed by atoms with Crippen molar-refractivity contribution in [3.63, 3.8) is 0 Å². The van der Waals surface area contributed by atoms with Crippen LogP contribution in [0.1, 0.15) is 23.1 Å². The van der Waals surface area contributed by atoms with Crippen LogP contribution < -0.4 is 5.43 Å². The van der Waals surface area contributed by atoms with Gasteiger partial charge in [0.15, 0.2) is 18.0 Å². The third-order valence-corrected chi connectivity index (χ3v) is 7.49. The number of ether oxygens (including phenoxy) is 2. The first kappa shape index (κ1) is 28.2. The zero-order valence-corrected chi connectivity index (χ0v) is 20.6. The maximum absolute atomic E-state index is 13.4. The van der Waals surface area contributed by atoms with Crippen molar-refractivity contribution in [2.75, 3.05) is 13.2 Å². The molecule has 5 rings (SSSR count). The number of aromatic hydroxyl groups is 3. The summed E-state index contributed by atoms with van der Waals surface area (Å²) in [7, 11) is 0. The molecule has 2 aliphatic rings. The van der Waals surface area contributed by atoms with Gasteiger partial charge in [0, 0.05) is 29.0 Å². The zero-order chi connectivity index (χ0) is 29.0. The summed E-state index contributed by atoms with van der Waals surface area (Å²) in [5, 5.41) is 103. The fourth-order valence-corrected chi connectivity index (χ4v) is 5.42. The molecule has 10 N–H and O–H groups in total. The molecule has 40 heavy (non-hydrogen) atoms. The largest absolute Gasteiger partial charge is 0.508 e. The molecule has 2 aliphatic heterocycles. The molecule has 1 aromatic heterocycles. The zero-order valence-electron chi connectivity index (χ0n) is 20.6. The molecule has 0 amide bonds. The summed E-state index contributed by atoms with van der Waals surface area (Å²) in [6.07, 6.45) is -12.3. The van der Waals surface area contributed by atoms with Crippen LogP contribution in [0.15, 0.2) is 39.5 Å². The van der Waals surface area contributed by atoms with Gasteiger partial charge in [0.2, 0.25) is 0 Å². The number of fused-ring (bicyclic) bond motifs is 1. The highest BCUT2D eigenvalue weighted by molar-refractivity contribution is 5.92. The van der Waals surface area contributed by atoms with Crippen molar-refractivity contribution >= 4 is 11.0 Å². The van der Waals surface area contributed by atoms with Crippen LogP contribution in [-0.2, 0) is 9.47 Å². The van der Waals surface area contributed by atoms with E-state index in [4.69, 9.17) is 13.9 Å². The van der Waals surface area contributed by atoms with Crippen LogP contribution in [0.2, 0.25) is 0 Å². The van der Waals surface area contributed by atoms with Crippen molar-refractivity contribution in [1.29, 1.82) is 0 Å². The van der Waals surface area contributed by atoms with Gasteiger partial charge in [-0.15, -0.1) is 0 Å². The second kappa shape index (κ2) is 10.6. The lowest BCUT2D eigenvalue weighted by atomic mass is 9.79. The minimum Gasteiger partial charge on any atom is -0.508 e. The summed E-state index contributed by atoms with van der Waals surface area (Å²) >= 11 is 0. The van der Waals surface area contributed by atoms with Crippen molar-refractivity contribution in [3.05, 3.63) is 51.7 Å². The summed E-state index contributed by atoms with van der Waals surface area (Å²) in [6.45, 7) is -1.62. The van der Waals surface area contributed by atoms with E-state index >= 15 is 0 Å². The third kappa shape index (κ3) is 4.39. The highest BCUT2D eigenvalue weighted by Gasteiger charge is 2.50. The standard InChI is InChI=1S/C26H28O14/c27-6-10-18(31)25(36)40-23(10)17-19(32)14-11(30)5-12(8-1-3-9(29)4-2-8)38-24(14)16(20(17)33)15-13(7-28)39-26(37)22(35)21(15)34/h1-5,10,13,15,18,21-23,25-29,31-37H,6-7H2. The molecule has 3 heterocycles. The van der Waals surface area contributed by atoms with E-state index in [1.807, 2.05) is 0 Å². The molecule has 0 saturated carbocycles. The summed E-state index contributed by atoms with van der Waals surface area (Å²) in [4.78, 5) is 13.4.